The lowest BCUT2D eigenvalue weighted by Gasteiger charge is -2.52. The van der Waals surface area contributed by atoms with Crippen molar-refractivity contribution in [2.24, 2.45) is 7.05 Å². The Morgan fingerprint density at radius 2 is 1.22 bits per heavy atom. The number of hydrogen-bond acceptors (Lipinski definition) is 9. The third-order valence-electron chi connectivity index (χ3n) is 8.98. The van der Waals surface area contributed by atoms with Crippen molar-refractivity contribution in [3.8, 4) is 17.4 Å². The lowest BCUT2D eigenvalue weighted by molar-refractivity contribution is -0.275. The van der Waals surface area contributed by atoms with Crippen molar-refractivity contribution in [1.29, 1.82) is 0 Å². The molecule has 282 valence electrons. The van der Waals surface area contributed by atoms with E-state index in [9.17, 15) is 35.9 Å². The number of carbonyl (C=O) groups excluding carboxylic acids is 2. The van der Waals surface area contributed by atoms with Gasteiger partial charge in [-0.05, 0) is 47.5 Å². The van der Waals surface area contributed by atoms with Crippen LogP contribution in [-0.2, 0) is 39.5 Å². The molecule has 2 atom stereocenters. The summed E-state index contributed by atoms with van der Waals surface area (Å²) in [5.74, 6) is -1.52. The number of aryl methyl sites for hydroxylation is 1. The van der Waals surface area contributed by atoms with Crippen LogP contribution in [0.15, 0.2) is 91.0 Å². The molecule has 2 amide bonds. The zero-order valence-corrected chi connectivity index (χ0v) is 30.0. The van der Waals surface area contributed by atoms with Crippen molar-refractivity contribution < 1.29 is 50.1 Å². The molecule has 2 aliphatic heterocycles. The predicted molar refractivity (Wildman–Crippen MR) is 187 cm³/mol. The van der Waals surface area contributed by atoms with Crippen LogP contribution in [0.25, 0.3) is 10.9 Å². The second-order valence-electron chi connectivity index (χ2n) is 12.3. The van der Waals surface area contributed by atoms with Crippen LogP contribution >= 0.6 is 23.5 Å². The fourth-order valence-corrected chi connectivity index (χ4v) is 10.2. The van der Waals surface area contributed by atoms with Crippen LogP contribution in [0.5, 0.6) is 17.4 Å². The number of aromatic nitrogens is 3. The first-order valence-corrected chi connectivity index (χ1v) is 18.1. The van der Waals surface area contributed by atoms with Gasteiger partial charge in [0.25, 0.3) is 0 Å². The first-order chi connectivity index (χ1) is 25.6. The summed E-state index contributed by atoms with van der Waals surface area (Å²) in [6, 6.07) is 22.7. The monoisotopic (exact) mass is 789 g/mol. The minimum atomic E-state index is -4.91. The summed E-state index contributed by atoms with van der Waals surface area (Å²) < 4.78 is 93.3. The third kappa shape index (κ3) is 6.76. The van der Waals surface area contributed by atoms with Crippen LogP contribution in [-0.4, -0.2) is 67.7 Å². The van der Waals surface area contributed by atoms with Crippen molar-refractivity contribution >= 4 is 46.2 Å². The van der Waals surface area contributed by atoms with Gasteiger partial charge < -0.3 is 24.0 Å². The molecule has 7 rings (SSSR count). The number of para-hydroxylation sites is 1. The number of carbonyl (C=O) groups is 2. The maximum atomic E-state index is 14.3. The van der Waals surface area contributed by atoms with Gasteiger partial charge in [-0.2, -0.15) is 5.10 Å². The van der Waals surface area contributed by atoms with Crippen LogP contribution in [0.3, 0.4) is 0 Å². The van der Waals surface area contributed by atoms with Crippen molar-refractivity contribution in [3.63, 3.8) is 0 Å². The van der Waals surface area contributed by atoms with E-state index in [0.717, 1.165) is 29.8 Å². The summed E-state index contributed by atoms with van der Waals surface area (Å²) in [6.45, 7) is -0.254. The van der Waals surface area contributed by atoms with Gasteiger partial charge in [0, 0.05) is 31.6 Å². The lowest BCUT2D eigenvalue weighted by Crippen LogP contribution is -2.61. The van der Waals surface area contributed by atoms with Crippen molar-refractivity contribution in [1.82, 2.24) is 24.6 Å². The van der Waals surface area contributed by atoms with E-state index in [1.807, 2.05) is 24.3 Å². The number of benzene rings is 3. The number of fused-ring (bicyclic) bond motifs is 1. The predicted octanol–water partition coefficient (Wildman–Crippen LogP) is 7.33. The van der Waals surface area contributed by atoms with Crippen molar-refractivity contribution in [3.05, 3.63) is 114 Å². The largest absolute Gasteiger partial charge is 0.573 e. The molecular weight excluding hydrogens is 761 g/mol. The van der Waals surface area contributed by atoms with E-state index >= 15 is 0 Å². The number of pyridine rings is 1. The minimum absolute atomic E-state index is 0.0715. The maximum absolute atomic E-state index is 14.3. The van der Waals surface area contributed by atoms with E-state index in [2.05, 4.69) is 9.47 Å². The quantitative estimate of drug-likeness (QED) is 0.135. The van der Waals surface area contributed by atoms with Gasteiger partial charge >= 0.3 is 12.7 Å². The number of methoxy groups -OCH3 is 1. The normalized spacial score (nSPS) is 20.6. The summed E-state index contributed by atoms with van der Waals surface area (Å²) in [5.41, 5.74) is 2.37. The molecule has 0 aliphatic carbocycles. The number of thioether (sulfide) groups is 2. The fourth-order valence-electron chi connectivity index (χ4n) is 6.84. The number of hydrogen-bond donors (Lipinski definition) is 0. The molecule has 0 N–H and O–H groups in total. The third-order valence-corrected chi connectivity index (χ3v) is 12.2. The first-order valence-electron chi connectivity index (χ1n) is 16.2. The minimum Gasteiger partial charge on any atom is -0.481 e. The van der Waals surface area contributed by atoms with E-state index in [4.69, 9.17) is 14.8 Å². The van der Waals surface area contributed by atoms with E-state index in [-0.39, 0.29) is 42.3 Å². The number of rotatable bonds is 10. The van der Waals surface area contributed by atoms with Gasteiger partial charge in [0.1, 0.15) is 17.2 Å². The Kier molecular flexibility index (Phi) is 9.62. The standard InChI is InChI=1S/C36H29F6N5O5S2/c1-45-27-7-4-3-6-26(27)32(44-45)34(47(31(49)21-54-34)19-23-12-16-25(17-13-23)52-36(40,41)42)33(28-8-5-9-29(43-28)50-2)46(30(48)20-53-33)18-22-10-14-24(15-11-22)51-35(37,38)39/h3-17H,18-21H2,1-2H3. The molecule has 0 saturated carbocycles. The van der Waals surface area contributed by atoms with E-state index in [1.165, 1.54) is 54.9 Å². The molecule has 2 fully saturated rings. The molecule has 4 heterocycles. The Morgan fingerprint density at radius 1 is 0.704 bits per heavy atom. The Morgan fingerprint density at radius 3 is 1.76 bits per heavy atom. The Balaban J connectivity index is 1.45. The van der Waals surface area contributed by atoms with Crippen LogP contribution in [0.2, 0.25) is 0 Å². The van der Waals surface area contributed by atoms with Gasteiger partial charge in [0.05, 0.1) is 29.8 Å². The topological polar surface area (TPSA) is 99.0 Å². The molecule has 5 aromatic rings. The second kappa shape index (κ2) is 14.0. The molecule has 54 heavy (non-hydrogen) atoms. The number of halogens is 6. The van der Waals surface area contributed by atoms with Crippen molar-refractivity contribution in [2.45, 2.75) is 35.6 Å². The molecule has 3 aromatic carbocycles. The molecule has 0 radical (unpaired) electrons. The Labute approximate surface area is 312 Å². The SMILES string of the molecule is COc1cccc(C2(C3(c4nn(C)c5ccccc45)SCC(=O)N3Cc3ccc(OC(F)(F)F)cc3)SCC(=O)N2Cc2ccc(OC(F)(F)F)cc2)n1. The van der Waals surface area contributed by atoms with E-state index < -0.39 is 34.0 Å². The molecular formula is C36H29F6N5O5S2. The average Bonchev–Trinajstić information content (AvgIpc) is 3.76. The molecule has 2 aromatic heterocycles. The molecule has 2 aliphatic rings. The van der Waals surface area contributed by atoms with Crippen LogP contribution in [0.1, 0.15) is 22.5 Å². The summed E-state index contributed by atoms with van der Waals surface area (Å²) in [6.07, 6.45) is -9.81. The van der Waals surface area contributed by atoms with Crippen LogP contribution in [0, 0.1) is 0 Å². The summed E-state index contributed by atoms with van der Waals surface area (Å²) in [5, 5.41) is 5.68. The van der Waals surface area contributed by atoms with Gasteiger partial charge in [-0.15, -0.1) is 49.9 Å². The van der Waals surface area contributed by atoms with E-state index in [0.29, 0.717) is 27.9 Å². The summed E-state index contributed by atoms with van der Waals surface area (Å²) >= 11 is 2.45. The number of nitrogens with zero attached hydrogens (tertiary/aromatic N) is 5. The highest BCUT2D eigenvalue weighted by Gasteiger charge is 2.70. The zero-order valence-electron chi connectivity index (χ0n) is 28.4. The molecule has 10 nitrogen and oxygen atoms in total. The van der Waals surface area contributed by atoms with Gasteiger partial charge in [-0.25, -0.2) is 4.98 Å². The van der Waals surface area contributed by atoms with Gasteiger partial charge in [0.15, 0.2) is 9.74 Å². The highest BCUT2D eigenvalue weighted by Crippen LogP contribution is 2.66. The molecule has 0 spiro atoms. The summed E-state index contributed by atoms with van der Waals surface area (Å²) in [4.78, 5) is 33.5. The van der Waals surface area contributed by atoms with E-state index in [1.54, 1.807) is 39.7 Å². The average molecular weight is 790 g/mol. The van der Waals surface area contributed by atoms with Gasteiger partial charge in [-0.3, -0.25) is 14.3 Å². The molecule has 2 saturated heterocycles. The highest BCUT2D eigenvalue weighted by atomic mass is 32.2. The van der Waals surface area contributed by atoms with Gasteiger partial charge in [0.2, 0.25) is 17.7 Å². The van der Waals surface area contributed by atoms with Gasteiger partial charge in [-0.1, -0.05) is 48.5 Å². The second-order valence-corrected chi connectivity index (χ2v) is 14.6. The van der Waals surface area contributed by atoms with Crippen LogP contribution in [0.4, 0.5) is 26.3 Å². The summed E-state index contributed by atoms with van der Waals surface area (Å²) in [7, 11) is 3.18. The smallest absolute Gasteiger partial charge is 0.481 e. The molecule has 0 bridgehead atoms. The fraction of sp³-hybridized carbons (Fsp3) is 0.278. The lowest BCUT2D eigenvalue weighted by atomic mass is 9.92. The zero-order chi connectivity index (χ0) is 38.5. The molecule has 2 unspecified atom stereocenters. The number of ether oxygens (including phenoxy) is 3. The van der Waals surface area contributed by atoms with Crippen LogP contribution < -0.4 is 14.2 Å². The number of amides is 2. The van der Waals surface area contributed by atoms with Crippen molar-refractivity contribution in [2.75, 3.05) is 18.6 Å². The Bertz CT molecular complexity index is 2200. The molecule has 18 heteroatoms. The maximum Gasteiger partial charge on any atom is 0.573 e. The first kappa shape index (κ1) is 37.2. The Hall–Kier alpha value is -5.10. The number of alkyl halides is 6. The highest BCUT2D eigenvalue weighted by molar-refractivity contribution is 8.05.